The summed E-state index contributed by atoms with van der Waals surface area (Å²) in [5, 5.41) is 14.0. The van der Waals surface area contributed by atoms with Crippen molar-refractivity contribution in [2.24, 2.45) is 5.92 Å². The molecule has 0 radical (unpaired) electrons. The van der Waals surface area contributed by atoms with Crippen molar-refractivity contribution in [1.82, 2.24) is 25.2 Å². The van der Waals surface area contributed by atoms with E-state index in [0.29, 0.717) is 37.5 Å². The minimum Gasteiger partial charge on any atom is -0.390 e. The topological polar surface area (TPSA) is 91.2 Å². The monoisotopic (exact) mass is 613 g/mol. The summed E-state index contributed by atoms with van der Waals surface area (Å²) < 4.78 is 31.0. The number of aryl methyl sites for hydroxylation is 1. The molecule has 6 rings (SSSR count). The van der Waals surface area contributed by atoms with Gasteiger partial charge in [-0.25, -0.2) is 13.8 Å². The molecule has 9 heteroatoms. The molecule has 0 saturated carbocycles. The normalized spacial score (nSPS) is 20.6. The number of benzene rings is 1. The SMILES string of the molecule is CC(C)C1(F)CCc2nc3c(F)cc(C(=O)N[C@@H](CCN4CCC(C)(O)CC4)c4ccc(-c5ccncc5)nc4)cc3cc2C1. The molecule has 2 atom stereocenters. The Morgan fingerprint density at radius 2 is 1.84 bits per heavy atom. The molecule has 45 heavy (non-hydrogen) atoms. The third-order valence-corrected chi connectivity index (χ3v) is 9.74. The first-order valence-corrected chi connectivity index (χ1v) is 15.9. The number of hydrogen-bond acceptors (Lipinski definition) is 6. The number of aliphatic hydroxyl groups is 1. The average molecular weight is 614 g/mol. The van der Waals surface area contributed by atoms with Crippen LogP contribution in [0.4, 0.5) is 8.78 Å². The summed E-state index contributed by atoms with van der Waals surface area (Å²) in [4.78, 5) is 29.3. The van der Waals surface area contributed by atoms with E-state index in [4.69, 9.17) is 0 Å². The van der Waals surface area contributed by atoms with Crippen LogP contribution in [-0.2, 0) is 12.8 Å². The van der Waals surface area contributed by atoms with Crippen molar-refractivity contribution in [3.05, 3.63) is 89.3 Å². The highest BCUT2D eigenvalue weighted by Gasteiger charge is 2.38. The lowest BCUT2D eigenvalue weighted by atomic mass is 9.77. The van der Waals surface area contributed by atoms with E-state index in [0.717, 1.165) is 47.7 Å². The number of rotatable bonds is 8. The number of carbonyl (C=O) groups excluding carboxylic acids is 1. The van der Waals surface area contributed by atoms with Gasteiger partial charge in [0, 0.05) is 66.9 Å². The lowest BCUT2D eigenvalue weighted by molar-refractivity contribution is -0.00592. The smallest absolute Gasteiger partial charge is 0.251 e. The number of likely N-dealkylation sites (tertiary alicyclic amines) is 1. The Morgan fingerprint density at radius 3 is 2.53 bits per heavy atom. The van der Waals surface area contributed by atoms with E-state index in [1.54, 1.807) is 30.7 Å². The van der Waals surface area contributed by atoms with Gasteiger partial charge in [-0.15, -0.1) is 0 Å². The Labute approximate surface area is 263 Å². The molecule has 236 valence electrons. The van der Waals surface area contributed by atoms with E-state index in [-0.39, 0.29) is 29.5 Å². The highest BCUT2D eigenvalue weighted by atomic mass is 19.1. The van der Waals surface area contributed by atoms with Gasteiger partial charge in [0.05, 0.1) is 17.3 Å². The van der Waals surface area contributed by atoms with Crippen LogP contribution in [0, 0.1) is 11.7 Å². The number of halogens is 2. The summed E-state index contributed by atoms with van der Waals surface area (Å²) in [6.07, 6.45) is 8.28. The minimum absolute atomic E-state index is 0.140. The molecule has 1 saturated heterocycles. The van der Waals surface area contributed by atoms with Crippen LogP contribution in [0.3, 0.4) is 0 Å². The van der Waals surface area contributed by atoms with Gasteiger partial charge in [-0.3, -0.25) is 14.8 Å². The van der Waals surface area contributed by atoms with Crippen LogP contribution in [0.1, 0.15) is 79.7 Å². The average Bonchev–Trinajstić information content (AvgIpc) is 3.03. The van der Waals surface area contributed by atoms with Gasteiger partial charge in [-0.05, 0) is 92.5 Å². The first-order chi connectivity index (χ1) is 21.5. The number of aromatic nitrogens is 3. The standard InChI is InChI=1S/C36H41F2N5O2/c1-23(2)36(38)10-6-31-28(21-36)19-26-18-27(20-29(37)33(26)41-31)34(44)42-32(9-15-43-16-11-35(3,45)12-17-43)25-4-5-30(40-22-25)24-7-13-39-14-8-24/h4-5,7-8,13-14,18-20,22-23,32,45H,6,9-12,15-17,21H2,1-3H3,(H,42,44)/t32-,36?/m0/s1. The molecule has 3 aromatic heterocycles. The molecule has 1 aliphatic heterocycles. The molecule has 1 aromatic carbocycles. The summed E-state index contributed by atoms with van der Waals surface area (Å²) in [6.45, 7) is 7.91. The molecule has 2 N–H and O–H groups in total. The predicted molar refractivity (Wildman–Crippen MR) is 171 cm³/mol. The van der Waals surface area contributed by atoms with Crippen LogP contribution in [-0.4, -0.2) is 61.8 Å². The van der Waals surface area contributed by atoms with Crippen LogP contribution in [0.5, 0.6) is 0 Å². The minimum atomic E-state index is -1.33. The Balaban J connectivity index is 1.25. The second-order valence-corrected chi connectivity index (χ2v) is 13.4. The number of amides is 1. The molecule has 1 unspecified atom stereocenters. The summed E-state index contributed by atoms with van der Waals surface area (Å²) >= 11 is 0. The molecule has 1 aliphatic carbocycles. The number of carbonyl (C=O) groups is 1. The summed E-state index contributed by atoms with van der Waals surface area (Å²) in [5.74, 6) is -1.11. The lowest BCUT2D eigenvalue weighted by Crippen LogP contribution is -2.43. The molecule has 4 aromatic rings. The van der Waals surface area contributed by atoms with Gasteiger partial charge < -0.3 is 15.3 Å². The fraction of sp³-hybridized carbons (Fsp3) is 0.444. The zero-order chi connectivity index (χ0) is 31.8. The van der Waals surface area contributed by atoms with Gasteiger partial charge in [0.2, 0.25) is 0 Å². The number of nitrogens with zero attached hydrogens (tertiary/aromatic N) is 4. The van der Waals surface area contributed by atoms with Crippen molar-refractivity contribution in [3.8, 4) is 11.3 Å². The van der Waals surface area contributed by atoms with Crippen LogP contribution in [0.2, 0.25) is 0 Å². The van der Waals surface area contributed by atoms with E-state index >= 15 is 8.78 Å². The highest BCUT2D eigenvalue weighted by Crippen LogP contribution is 2.38. The van der Waals surface area contributed by atoms with E-state index < -0.39 is 23.0 Å². The van der Waals surface area contributed by atoms with Gasteiger partial charge in [0.1, 0.15) is 17.0 Å². The third kappa shape index (κ3) is 6.89. The van der Waals surface area contributed by atoms with Crippen molar-refractivity contribution < 1.29 is 18.7 Å². The molecular weight excluding hydrogens is 572 g/mol. The Morgan fingerprint density at radius 1 is 1.09 bits per heavy atom. The molecule has 4 heterocycles. The van der Waals surface area contributed by atoms with Gasteiger partial charge in [-0.2, -0.15) is 0 Å². The van der Waals surface area contributed by atoms with E-state index in [2.05, 4.69) is 25.2 Å². The van der Waals surface area contributed by atoms with Crippen molar-refractivity contribution in [2.45, 2.75) is 76.6 Å². The van der Waals surface area contributed by atoms with Crippen molar-refractivity contribution >= 4 is 16.8 Å². The predicted octanol–water partition coefficient (Wildman–Crippen LogP) is 6.39. The van der Waals surface area contributed by atoms with E-state index in [1.165, 1.54) is 6.07 Å². The molecule has 1 amide bonds. The number of piperidine rings is 1. The maximum Gasteiger partial charge on any atom is 0.251 e. The maximum atomic E-state index is 15.5. The van der Waals surface area contributed by atoms with Gasteiger partial charge in [0.25, 0.3) is 5.91 Å². The molecule has 1 fully saturated rings. The largest absolute Gasteiger partial charge is 0.390 e. The second kappa shape index (κ2) is 12.5. The van der Waals surface area contributed by atoms with E-state index in [9.17, 15) is 9.90 Å². The number of nitrogens with one attached hydrogen (secondary N) is 1. The van der Waals surface area contributed by atoms with Crippen LogP contribution < -0.4 is 5.32 Å². The second-order valence-electron chi connectivity index (χ2n) is 13.4. The van der Waals surface area contributed by atoms with Crippen molar-refractivity contribution in [2.75, 3.05) is 19.6 Å². The number of fused-ring (bicyclic) bond motifs is 2. The van der Waals surface area contributed by atoms with Crippen molar-refractivity contribution in [3.63, 3.8) is 0 Å². The molecule has 2 aliphatic rings. The fourth-order valence-corrected chi connectivity index (χ4v) is 6.49. The quantitative estimate of drug-likeness (QED) is 0.239. The maximum absolute atomic E-state index is 15.5. The lowest BCUT2D eigenvalue weighted by Gasteiger charge is -2.36. The van der Waals surface area contributed by atoms with Crippen LogP contribution in [0.25, 0.3) is 22.2 Å². The first-order valence-electron chi connectivity index (χ1n) is 15.9. The summed E-state index contributed by atoms with van der Waals surface area (Å²) in [6, 6.07) is 12.0. The fourth-order valence-electron chi connectivity index (χ4n) is 6.49. The summed E-state index contributed by atoms with van der Waals surface area (Å²) in [5.41, 5.74) is 2.51. The van der Waals surface area contributed by atoms with E-state index in [1.807, 2.05) is 45.0 Å². The van der Waals surface area contributed by atoms with Gasteiger partial charge in [-0.1, -0.05) is 19.9 Å². The first kappa shape index (κ1) is 31.2. The molecule has 0 spiro atoms. The third-order valence-electron chi connectivity index (χ3n) is 9.74. The highest BCUT2D eigenvalue weighted by molar-refractivity contribution is 5.98. The summed E-state index contributed by atoms with van der Waals surface area (Å²) in [7, 11) is 0. The Bertz CT molecular complexity index is 1670. The van der Waals surface area contributed by atoms with Crippen LogP contribution >= 0.6 is 0 Å². The number of pyridine rings is 3. The number of hydrogen-bond donors (Lipinski definition) is 2. The number of alkyl halides is 1. The zero-order valence-corrected chi connectivity index (χ0v) is 26.2. The van der Waals surface area contributed by atoms with Gasteiger partial charge in [0.15, 0.2) is 0 Å². The van der Waals surface area contributed by atoms with Gasteiger partial charge >= 0.3 is 0 Å². The molecule has 0 bridgehead atoms. The van der Waals surface area contributed by atoms with Crippen LogP contribution in [0.15, 0.2) is 61.1 Å². The zero-order valence-electron chi connectivity index (χ0n) is 26.2. The molecular formula is C36H41F2N5O2. The Kier molecular flexibility index (Phi) is 8.68. The Hall–Kier alpha value is -3.82. The van der Waals surface area contributed by atoms with Crippen molar-refractivity contribution in [1.29, 1.82) is 0 Å². The molecule has 7 nitrogen and oxygen atoms in total.